The molecule has 120 valence electrons. The Labute approximate surface area is 125 Å². The lowest BCUT2D eigenvalue weighted by molar-refractivity contribution is -0.175. The Balaban J connectivity index is 2.91. The first-order chi connectivity index (χ1) is 9.60. The van der Waals surface area contributed by atoms with Crippen LogP contribution in [-0.2, 0) is 28.6 Å². The summed E-state index contributed by atoms with van der Waals surface area (Å²) in [5.41, 5.74) is -1.39. The number of hydrogen-bond acceptors (Lipinski definition) is 6. The minimum atomic E-state index is -0.764. The van der Waals surface area contributed by atoms with Crippen molar-refractivity contribution in [3.8, 4) is 0 Å². The molecule has 0 saturated carbocycles. The first kappa shape index (κ1) is 17.5. The third-order valence-electron chi connectivity index (χ3n) is 4.49. The average molecular weight is 300 g/mol. The molecule has 1 rings (SSSR count). The van der Waals surface area contributed by atoms with Crippen LogP contribution in [0.25, 0.3) is 0 Å². The number of esters is 3. The maximum atomic E-state index is 11.6. The van der Waals surface area contributed by atoms with Gasteiger partial charge in [0.2, 0.25) is 0 Å². The molecule has 0 spiro atoms. The highest BCUT2D eigenvalue weighted by atomic mass is 16.6. The van der Waals surface area contributed by atoms with Gasteiger partial charge in [-0.05, 0) is 13.3 Å². The van der Waals surface area contributed by atoms with Crippen molar-refractivity contribution in [3.63, 3.8) is 0 Å². The Morgan fingerprint density at radius 1 is 1.33 bits per heavy atom. The minimum Gasteiger partial charge on any atom is -0.466 e. The summed E-state index contributed by atoms with van der Waals surface area (Å²) in [6.07, 6.45) is 0.772. The minimum absolute atomic E-state index is 0.0112. The van der Waals surface area contributed by atoms with Crippen LogP contribution in [0.5, 0.6) is 0 Å². The molecule has 1 aliphatic heterocycles. The zero-order valence-corrected chi connectivity index (χ0v) is 13.4. The monoisotopic (exact) mass is 300 g/mol. The molecule has 21 heavy (non-hydrogen) atoms. The Hall–Kier alpha value is -1.59. The first-order valence-electron chi connectivity index (χ1n) is 7.09. The van der Waals surface area contributed by atoms with E-state index < -0.39 is 17.0 Å². The zero-order chi connectivity index (χ0) is 16.3. The molecular formula is C15H24O6. The van der Waals surface area contributed by atoms with Gasteiger partial charge in [-0.25, -0.2) is 0 Å². The second-order valence-electron chi connectivity index (χ2n) is 6.12. The fourth-order valence-electron chi connectivity index (χ4n) is 2.69. The maximum absolute atomic E-state index is 11.6. The molecule has 0 aliphatic carbocycles. The number of hydrogen-bond donors (Lipinski definition) is 0. The van der Waals surface area contributed by atoms with E-state index in [0.29, 0.717) is 12.8 Å². The van der Waals surface area contributed by atoms with Gasteiger partial charge in [-0.3, -0.25) is 14.4 Å². The quantitative estimate of drug-likeness (QED) is 0.550. The lowest BCUT2D eigenvalue weighted by Crippen LogP contribution is -2.51. The second kappa shape index (κ2) is 6.45. The van der Waals surface area contributed by atoms with Crippen molar-refractivity contribution in [1.29, 1.82) is 0 Å². The highest BCUT2D eigenvalue weighted by Gasteiger charge is 2.55. The van der Waals surface area contributed by atoms with Gasteiger partial charge in [0, 0.05) is 25.2 Å². The van der Waals surface area contributed by atoms with Crippen LogP contribution >= 0.6 is 0 Å². The van der Waals surface area contributed by atoms with Gasteiger partial charge in [0.25, 0.3) is 0 Å². The van der Waals surface area contributed by atoms with E-state index in [1.54, 1.807) is 0 Å². The Bertz CT molecular complexity index is 432. The Kier molecular flexibility index (Phi) is 5.36. The highest BCUT2D eigenvalue weighted by molar-refractivity contribution is 5.73. The molecule has 3 atom stereocenters. The third-order valence-corrected chi connectivity index (χ3v) is 4.49. The standard InChI is InChI=1S/C15H24O6/c1-10-8-13(18)21-15(10,5)14(4,9-20-12(3)17)6-7-19-11(2)16/h10H,6-9H2,1-5H3/t10-,14+,15+/m1/s1. The summed E-state index contributed by atoms with van der Waals surface area (Å²) in [5.74, 6) is -1.03. The molecule has 1 aliphatic rings. The zero-order valence-electron chi connectivity index (χ0n) is 13.4. The van der Waals surface area contributed by atoms with E-state index in [2.05, 4.69) is 0 Å². The van der Waals surface area contributed by atoms with Crippen LogP contribution in [0.15, 0.2) is 0 Å². The highest BCUT2D eigenvalue weighted by Crippen LogP contribution is 2.48. The van der Waals surface area contributed by atoms with Crippen molar-refractivity contribution in [1.82, 2.24) is 0 Å². The van der Waals surface area contributed by atoms with Crippen LogP contribution in [0.4, 0.5) is 0 Å². The lowest BCUT2D eigenvalue weighted by Gasteiger charge is -2.44. The van der Waals surface area contributed by atoms with Gasteiger partial charge in [-0.2, -0.15) is 0 Å². The van der Waals surface area contributed by atoms with Crippen molar-refractivity contribution >= 4 is 17.9 Å². The van der Waals surface area contributed by atoms with Gasteiger partial charge < -0.3 is 14.2 Å². The number of carbonyl (C=O) groups is 3. The molecule has 0 unspecified atom stereocenters. The van der Waals surface area contributed by atoms with Crippen LogP contribution in [0.1, 0.15) is 47.5 Å². The topological polar surface area (TPSA) is 78.9 Å². The molecule has 1 saturated heterocycles. The fourth-order valence-corrected chi connectivity index (χ4v) is 2.69. The van der Waals surface area contributed by atoms with E-state index in [-0.39, 0.29) is 31.1 Å². The third kappa shape index (κ3) is 3.95. The van der Waals surface area contributed by atoms with Gasteiger partial charge in [-0.1, -0.05) is 13.8 Å². The molecule has 1 fully saturated rings. The summed E-state index contributed by atoms with van der Waals surface area (Å²) in [6.45, 7) is 8.63. The van der Waals surface area contributed by atoms with E-state index in [4.69, 9.17) is 14.2 Å². The van der Waals surface area contributed by atoms with Gasteiger partial charge in [-0.15, -0.1) is 0 Å². The number of ether oxygens (including phenoxy) is 3. The Morgan fingerprint density at radius 2 is 1.90 bits per heavy atom. The van der Waals surface area contributed by atoms with Gasteiger partial charge in [0.05, 0.1) is 13.0 Å². The first-order valence-corrected chi connectivity index (χ1v) is 7.09. The van der Waals surface area contributed by atoms with Crippen molar-refractivity contribution < 1.29 is 28.6 Å². The maximum Gasteiger partial charge on any atom is 0.306 e. The molecule has 6 nitrogen and oxygen atoms in total. The summed E-state index contributed by atoms with van der Waals surface area (Å²) in [5, 5.41) is 0. The molecule has 0 bridgehead atoms. The van der Waals surface area contributed by atoms with Crippen LogP contribution in [0.2, 0.25) is 0 Å². The van der Waals surface area contributed by atoms with Crippen LogP contribution < -0.4 is 0 Å². The second-order valence-corrected chi connectivity index (χ2v) is 6.12. The van der Waals surface area contributed by atoms with Crippen molar-refractivity contribution in [2.45, 2.75) is 53.1 Å². The van der Waals surface area contributed by atoms with Crippen LogP contribution in [-0.4, -0.2) is 36.7 Å². The van der Waals surface area contributed by atoms with Crippen molar-refractivity contribution in [3.05, 3.63) is 0 Å². The van der Waals surface area contributed by atoms with Crippen LogP contribution in [0, 0.1) is 11.3 Å². The molecule has 1 heterocycles. The van der Waals surface area contributed by atoms with Crippen molar-refractivity contribution in [2.24, 2.45) is 11.3 Å². The summed E-state index contributed by atoms with van der Waals surface area (Å²) < 4.78 is 15.7. The number of rotatable bonds is 6. The van der Waals surface area contributed by atoms with E-state index in [9.17, 15) is 14.4 Å². The molecule has 0 aromatic heterocycles. The lowest BCUT2D eigenvalue weighted by atomic mass is 9.67. The van der Waals surface area contributed by atoms with Gasteiger partial charge in [0.15, 0.2) is 0 Å². The van der Waals surface area contributed by atoms with Gasteiger partial charge >= 0.3 is 17.9 Å². The Morgan fingerprint density at radius 3 is 2.33 bits per heavy atom. The summed E-state index contributed by atoms with van der Waals surface area (Å²) in [4.78, 5) is 33.7. The van der Waals surface area contributed by atoms with E-state index in [0.717, 1.165) is 0 Å². The summed E-state index contributed by atoms with van der Waals surface area (Å²) in [7, 11) is 0. The number of cyclic esters (lactones) is 1. The van der Waals surface area contributed by atoms with E-state index in [1.807, 2.05) is 20.8 Å². The summed E-state index contributed by atoms with van der Waals surface area (Å²) in [6, 6.07) is 0. The predicted molar refractivity (Wildman–Crippen MR) is 74.3 cm³/mol. The number of carbonyl (C=O) groups excluding carboxylic acids is 3. The SMILES string of the molecule is CC(=O)OCC[C@@](C)(COC(C)=O)[C@@]1(C)OC(=O)C[C@H]1C. The predicted octanol–water partition coefficient (Wildman–Crippen LogP) is 1.85. The van der Waals surface area contributed by atoms with Crippen LogP contribution in [0.3, 0.4) is 0 Å². The fraction of sp³-hybridized carbons (Fsp3) is 0.800. The molecule has 0 aromatic rings. The largest absolute Gasteiger partial charge is 0.466 e. The average Bonchev–Trinajstić information content (AvgIpc) is 2.61. The molecular weight excluding hydrogens is 276 g/mol. The van der Waals surface area contributed by atoms with Gasteiger partial charge in [0.1, 0.15) is 12.2 Å². The molecule has 0 N–H and O–H groups in total. The van der Waals surface area contributed by atoms with E-state index >= 15 is 0 Å². The van der Waals surface area contributed by atoms with Crippen molar-refractivity contribution in [2.75, 3.05) is 13.2 Å². The van der Waals surface area contributed by atoms with E-state index in [1.165, 1.54) is 13.8 Å². The molecule has 6 heteroatoms. The summed E-state index contributed by atoms with van der Waals surface area (Å²) >= 11 is 0. The molecule has 0 radical (unpaired) electrons. The molecule has 0 amide bonds. The smallest absolute Gasteiger partial charge is 0.306 e. The normalized spacial score (nSPS) is 27.7. The molecule has 0 aromatic carbocycles.